The highest BCUT2D eigenvalue weighted by Crippen LogP contribution is 2.48. The summed E-state index contributed by atoms with van der Waals surface area (Å²) in [7, 11) is -4.00. The molecule has 0 N–H and O–H groups in total. The summed E-state index contributed by atoms with van der Waals surface area (Å²) in [5.41, 5.74) is 1.69. The zero-order valence-electron chi connectivity index (χ0n) is 15.8. The molecule has 5 rings (SSSR count). The van der Waals surface area contributed by atoms with Gasteiger partial charge in [-0.25, -0.2) is 17.4 Å². The number of aryl methyl sites for hydroxylation is 1. The summed E-state index contributed by atoms with van der Waals surface area (Å²) in [5, 5.41) is 0.442. The largest absolute Gasteiger partial charge is 0.586 e. The quantitative estimate of drug-likeness (QED) is 0.375. The summed E-state index contributed by atoms with van der Waals surface area (Å²) in [4.78, 5) is 4.35. The molecule has 2 aromatic heterocycles. The molecule has 3 heterocycles. The van der Waals surface area contributed by atoms with E-state index in [-0.39, 0.29) is 27.6 Å². The molecule has 1 aliphatic heterocycles. The molecule has 0 saturated heterocycles. The summed E-state index contributed by atoms with van der Waals surface area (Å²) in [6, 6.07) is 12.5. The number of para-hydroxylation sites is 1. The van der Waals surface area contributed by atoms with Crippen molar-refractivity contribution in [3.8, 4) is 22.6 Å². The van der Waals surface area contributed by atoms with Crippen LogP contribution in [0.5, 0.6) is 11.5 Å². The molecule has 158 valence electrons. The van der Waals surface area contributed by atoms with Crippen LogP contribution in [0.4, 0.5) is 8.78 Å². The number of hydrogen-bond donors (Lipinski definition) is 0. The van der Waals surface area contributed by atoms with Crippen LogP contribution in [0.1, 0.15) is 5.56 Å². The number of benzene rings is 2. The molecule has 0 atom stereocenters. The molecule has 6 nitrogen and oxygen atoms in total. The predicted molar refractivity (Wildman–Crippen MR) is 113 cm³/mol. The van der Waals surface area contributed by atoms with Gasteiger partial charge in [0.25, 0.3) is 10.0 Å². The van der Waals surface area contributed by atoms with E-state index in [1.807, 2.05) is 6.92 Å². The number of pyridine rings is 1. The maximum Gasteiger partial charge on any atom is 0.586 e. The van der Waals surface area contributed by atoms with Gasteiger partial charge in [-0.15, -0.1) is 8.78 Å². The normalized spacial score (nSPS) is 14.8. The second kappa shape index (κ2) is 6.76. The molecule has 1 aliphatic rings. The third-order valence-corrected chi connectivity index (χ3v) is 6.97. The molecule has 0 bridgehead atoms. The Kier molecular flexibility index (Phi) is 4.35. The average Bonchev–Trinajstić information content (AvgIpc) is 3.24. The van der Waals surface area contributed by atoms with Gasteiger partial charge in [0.2, 0.25) is 0 Å². The van der Waals surface area contributed by atoms with Crippen molar-refractivity contribution in [2.24, 2.45) is 0 Å². The maximum absolute atomic E-state index is 13.7. The summed E-state index contributed by atoms with van der Waals surface area (Å²) >= 11 is 3.34. The Bertz CT molecular complexity index is 1450. The number of ether oxygens (including phenoxy) is 2. The number of halogens is 3. The van der Waals surface area contributed by atoms with Crippen LogP contribution in [0.3, 0.4) is 0 Å². The predicted octanol–water partition coefficient (Wildman–Crippen LogP) is 5.33. The molecule has 0 aliphatic carbocycles. The first kappa shape index (κ1) is 20.0. The number of hydrogen-bond acceptors (Lipinski definition) is 5. The van der Waals surface area contributed by atoms with Crippen molar-refractivity contribution in [2.45, 2.75) is 18.1 Å². The summed E-state index contributed by atoms with van der Waals surface area (Å²) in [5.74, 6) is -0.299. The Morgan fingerprint density at radius 3 is 2.55 bits per heavy atom. The van der Waals surface area contributed by atoms with E-state index in [4.69, 9.17) is 4.74 Å². The van der Waals surface area contributed by atoms with E-state index in [2.05, 4.69) is 25.7 Å². The molecular weight excluding hydrogens is 494 g/mol. The lowest BCUT2D eigenvalue weighted by atomic mass is 10.0. The third-order valence-electron chi connectivity index (χ3n) is 4.88. The van der Waals surface area contributed by atoms with Crippen LogP contribution in [0.25, 0.3) is 22.2 Å². The number of fused-ring (bicyclic) bond motifs is 2. The Morgan fingerprint density at radius 1 is 1.06 bits per heavy atom. The van der Waals surface area contributed by atoms with Crippen molar-refractivity contribution in [3.63, 3.8) is 0 Å². The minimum atomic E-state index is -4.00. The van der Waals surface area contributed by atoms with Crippen molar-refractivity contribution in [1.82, 2.24) is 8.96 Å². The van der Waals surface area contributed by atoms with Crippen LogP contribution in [-0.4, -0.2) is 23.7 Å². The molecule has 0 saturated carbocycles. The van der Waals surface area contributed by atoms with E-state index >= 15 is 0 Å². The highest BCUT2D eigenvalue weighted by molar-refractivity contribution is 9.10. The lowest BCUT2D eigenvalue weighted by Gasteiger charge is -2.07. The van der Waals surface area contributed by atoms with Gasteiger partial charge in [0.1, 0.15) is 0 Å². The van der Waals surface area contributed by atoms with Crippen molar-refractivity contribution in [2.75, 3.05) is 0 Å². The van der Waals surface area contributed by atoms with Gasteiger partial charge in [-0.2, -0.15) is 0 Å². The molecule has 0 radical (unpaired) electrons. The van der Waals surface area contributed by atoms with E-state index < -0.39 is 16.3 Å². The Balaban J connectivity index is 1.77. The van der Waals surface area contributed by atoms with Gasteiger partial charge in [-0.3, -0.25) is 0 Å². The summed E-state index contributed by atoms with van der Waals surface area (Å²) < 4.78 is 65.0. The minimum absolute atomic E-state index is 0.0793. The molecule has 0 unspecified atom stereocenters. The number of rotatable bonds is 3. The highest BCUT2D eigenvalue weighted by atomic mass is 79.9. The molecule has 4 aromatic rings. The van der Waals surface area contributed by atoms with Crippen LogP contribution in [0.2, 0.25) is 0 Å². The fourth-order valence-electron chi connectivity index (χ4n) is 3.46. The van der Waals surface area contributed by atoms with Crippen LogP contribution in [0, 0.1) is 6.92 Å². The summed E-state index contributed by atoms with van der Waals surface area (Å²) in [6.07, 6.45) is -0.977. The zero-order chi connectivity index (χ0) is 22.0. The zero-order valence-corrected chi connectivity index (χ0v) is 18.2. The van der Waals surface area contributed by atoms with E-state index in [0.717, 1.165) is 9.54 Å². The fraction of sp³-hybridized carbons (Fsp3) is 0.0952. The van der Waals surface area contributed by atoms with Gasteiger partial charge in [0.15, 0.2) is 17.1 Å². The fourth-order valence-corrected chi connectivity index (χ4v) is 5.11. The Hall–Kier alpha value is -2.98. The first-order valence-electron chi connectivity index (χ1n) is 9.04. The van der Waals surface area contributed by atoms with Crippen LogP contribution >= 0.6 is 15.9 Å². The molecule has 0 fully saturated rings. The third kappa shape index (κ3) is 3.26. The van der Waals surface area contributed by atoms with Crippen LogP contribution in [0.15, 0.2) is 70.3 Å². The van der Waals surface area contributed by atoms with Gasteiger partial charge < -0.3 is 9.47 Å². The van der Waals surface area contributed by atoms with E-state index in [9.17, 15) is 17.2 Å². The van der Waals surface area contributed by atoms with Gasteiger partial charge in [0.05, 0.1) is 4.90 Å². The summed E-state index contributed by atoms with van der Waals surface area (Å²) in [6.45, 7) is 1.85. The smallest absolute Gasteiger partial charge is 0.395 e. The first-order chi connectivity index (χ1) is 14.7. The number of alkyl halides is 2. The maximum atomic E-state index is 13.7. The highest BCUT2D eigenvalue weighted by Gasteiger charge is 2.45. The van der Waals surface area contributed by atoms with E-state index in [1.54, 1.807) is 24.3 Å². The van der Waals surface area contributed by atoms with Crippen LogP contribution < -0.4 is 9.47 Å². The van der Waals surface area contributed by atoms with Crippen molar-refractivity contribution in [1.29, 1.82) is 0 Å². The SMILES string of the molecule is Cc1ccc(S(=O)(=O)n2cc(-c3cccc4c3OC(F)(F)O4)c3cc(Br)cnc32)cc1. The number of nitrogens with zero attached hydrogens (tertiary/aromatic N) is 2. The second-order valence-electron chi connectivity index (χ2n) is 6.98. The van der Waals surface area contributed by atoms with Crippen LogP contribution in [-0.2, 0) is 10.0 Å². The minimum Gasteiger partial charge on any atom is -0.395 e. The molecular formula is C21H13BrF2N2O4S. The molecule has 10 heteroatoms. The molecule has 31 heavy (non-hydrogen) atoms. The first-order valence-corrected chi connectivity index (χ1v) is 11.3. The molecule has 0 spiro atoms. The van der Waals surface area contributed by atoms with Gasteiger partial charge in [0, 0.05) is 33.4 Å². The standard InChI is InChI=1S/C21H13BrF2N2O4S/c1-12-5-7-14(8-6-12)31(27,28)26-11-17(16-9-13(22)10-25-20(16)26)15-3-2-4-18-19(15)30-21(23,24)29-18/h2-11H,1H3. The van der Waals surface area contributed by atoms with Gasteiger partial charge in [-0.1, -0.05) is 29.8 Å². The lowest BCUT2D eigenvalue weighted by Crippen LogP contribution is -2.26. The van der Waals surface area contributed by atoms with Gasteiger partial charge in [-0.05, 0) is 47.1 Å². The lowest BCUT2D eigenvalue weighted by molar-refractivity contribution is -0.286. The van der Waals surface area contributed by atoms with Gasteiger partial charge >= 0.3 is 6.29 Å². The van der Waals surface area contributed by atoms with E-state index in [1.165, 1.54) is 36.7 Å². The Morgan fingerprint density at radius 2 is 1.81 bits per heavy atom. The van der Waals surface area contributed by atoms with Crippen molar-refractivity contribution < 1.29 is 26.7 Å². The second-order valence-corrected chi connectivity index (χ2v) is 9.71. The molecule has 0 amide bonds. The average molecular weight is 507 g/mol. The number of aromatic nitrogens is 2. The monoisotopic (exact) mass is 506 g/mol. The Labute approximate surface area is 184 Å². The van der Waals surface area contributed by atoms with E-state index in [0.29, 0.717) is 15.4 Å². The van der Waals surface area contributed by atoms with Crippen molar-refractivity contribution in [3.05, 3.63) is 71.0 Å². The topological polar surface area (TPSA) is 70.4 Å². The van der Waals surface area contributed by atoms with Crippen molar-refractivity contribution >= 4 is 37.0 Å². The molecule has 2 aromatic carbocycles.